The molecule has 2 aliphatic rings. The van der Waals surface area contributed by atoms with E-state index < -0.39 is 18.4 Å². The van der Waals surface area contributed by atoms with E-state index >= 15 is 0 Å². The molecule has 1 saturated heterocycles. The monoisotopic (exact) mass is 362 g/mol. The van der Waals surface area contributed by atoms with Crippen molar-refractivity contribution in [3.05, 3.63) is 30.3 Å². The van der Waals surface area contributed by atoms with Gasteiger partial charge in [-0.25, -0.2) is 8.78 Å². The zero-order chi connectivity index (χ0) is 18.3. The van der Waals surface area contributed by atoms with Gasteiger partial charge in [0, 0.05) is 24.6 Å². The molecule has 2 aromatic rings. The number of nitrogens with zero attached hydrogens (tertiary/aromatic N) is 3. The third-order valence-corrected chi connectivity index (χ3v) is 5.37. The summed E-state index contributed by atoms with van der Waals surface area (Å²) >= 11 is 0. The van der Waals surface area contributed by atoms with Crippen LogP contribution in [0.15, 0.2) is 34.7 Å². The van der Waals surface area contributed by atoms with Crippen molar-refractivity contribution in [1.29, 1.82) is 0 Å². The number of halogens is 2. The number of carbonyl (C=O) groups is 1. The maximum atomic E-state index is 13.2. The first kappa shape index (κ1) is 16.9. The van der Waals surface area contributed by atoms with Gasteiger partial charge >= 0.3 is 6.01 Å². The molecular weight excluding hydrogens is 342 g/mol. The average Bonchev–Trinajstić information content (AvgIpc) is 3.08. The molecule has 1 aromatic heterocycles. The summed E-state index contributed by atoms with van der Waals surface area (Å²) < 4.78 is 32.0. The molecule has 4 rings (SSSR count). The summed E-state index contributed by atoms with van der Waals surface area (Å²) in [6.45, 7) is 2.19. The Labute approximate surface area is 149 Å². The predicted octanol–water partition coefficient (Wildman–Crippen LogP) is 3.04. The Morgan fingerprint density at radius 1 is 1.31 bits per heavy atom. The zero-order valence-electron chi connectivity index (χ0n) is 14.4. The number of carbonyl (C=O) groups excluding carboxylic acids is 1. The molecule has 8 heteroatoms. The van der Waals surface area contributed by atoms with Crippen molar-refractivity contribution in [2.75, 3.05) is 18.4 Å². The van der Waals surface area contributed by atoms with Gasteiger partial charge in [-0.2, -0.15) is 0 Å². The van der Waals surface area contributed by atoms with Crippen LogP contribution < -0.4 is 5.32 Å². The van der Waals surface area contributed by atoms with Gasteiger partial charge in [0.2, 0.25) is 18.2 Å². The molecule has 0 radical (unpaired) electrons. The van der Waals surface area contributed by atoms with Crippen molar-refractivity contribution in [3.63, 3.8) is 0 Å². The first-order valence-electron chi connectivity index (χ1n) is 8.71. The van der Waals surface area contributed by atoms with E-state index in [4.69, 9.17) is 4.42 Å². The molecule has 1 amide bonds. The van der Waals surface area contributed by atoms with Crippen LogP contribution in [-0.4, -0.2) is 46.6 Å². The van der Waals surface area contributed by atoms with E-state index in [1.807, 2.05) is 30.3 Å². The first-order chi connectivity index (χ1) is 12.5. The molecule has 2 fully saturated rings. The van der Waals surface area contributed by atoms with Gasteiger partial charge < -0.3 is 14.6 Å². The van der Waals surface area contributed by atoms with Crippen molar-refractivity contribution in [2.45, 2.75) is 32.2 Å². The van der Waals surface area contributed by atoms with Crippen LogP contribution in [-0.2, 0) is 4.79 Å². The third-order valence-electron chi connectivity index (χ3n) is 5.37. The number of nitrogens with one attached hydrogen (secondary N) is 1. The van der Waals surface area contributed by atoms with E-state index in [0.717, 1.165) is 18.4 Å². The molecule has 138 valence electrons. The van der Waals surface area contributed by atoms with Gasteiger partial charge in [0.15, 0.2) is 0 Å². The summed E-state index contributed by atoms with van der Waals surface area (Å²) in [5.41, 5.74) is 0.413. The molecule has 0 bridgehead atoms. The predicted molar refractivity (Wildman–Crippen MR) is 90.6 cm³/mol. The van der Waals surface area contributed by atoms with Crippen LogP contribution in [0, 0.1) is 11.3 Å². The minimum Gasteiger partial charge on any atom is -0.403 e. The van der Waals surface area contributed by atoms with Crippen LogP contribution in [0.2, 0.25) is 0 Å². The normalized spacial score (nSPS) is 22.0. The molecule has 1 aliphatic carbocycles. The standard InChI is InChI=1S/C18H20F2N4O2/c1-11(16(25)24-9-13(14(19)20)18(10-24)7-8-18)21-17-23-22-15(26-17)12-5-3-2-4-6-12/h2-6,11,13-14H,7-10H2,1H3,(H,21,23)/t11-,13+/m1/s1. The van der Waals surface area contributed by atoms with Crippen molar-refractivity contribution >= 4 is 11.9 Å². The lowest BCUT2D eigenvalue weighted by Crippen LogP contribution is -2.40. The fraction of sp³-hybridized carbons (Fsp3) is 0.500. The smallest absolute Gasteiger partial charge is 0.316 e. The minimum atomic E-state index is -2.39. The number of aromatic nitrogens is 2. The number of benzene rings is 1. The highest BCUT2D eigenvalue weighted by Crippen LogP contribution is 2.58. The van der Waals surface area contributed by atoms with E-state index in [1.165, 1.54) is 4.90 Å². The summed E-state index contributed by atoms with van der Waals surface area (Å²) in [6.07, 6.45) is -0.835. The molecule has 1 saturated carbocycles. The maximum Gasteiger partial charge on any atom is 0.316 e. The Morgan fingerprint density at radius 2 is 2.04 bits per heavy atom. The Morgan fingerprint density at radius 3 is 2.65 bits per heavy atom. The van der Waals surface area contributed by atoms with Crippen LogP contribution in [0.4, 0.5) is 14.8 Å². The highest BCUT2D eigenvalue weighted by atomic mass is 19.3. The minimum absolute atomic E-state index is 0.113. The zero-order valence-corrected chi connectivity index (χ0v) is 14.4. The summed E-state index contributed by atoms with van der Waals surface area (Å²) in [7, 11) is 0. The Hall–Kier alpha value is -2.51. The lowest BCUT2D eigenvalue weighted by atomic mass is 9.93. The SMILES string of the molecule is C[C@@H](Nc1nnc(-c2ccccc2)o1)C(=O)N1C[C@@H](C(F)F)C2(CC2)C1. The number of hydrogen-bond acceptors (Lipinski definition) is 5. The molecule has 6 nitrogen and oxygen atoms in total. The van der Waals surface area contributed by atoms with Gasteiger partial charge in [-0.1, -0.05) is 23.3 Å². The highest BCUT2D eigenvalue weighted by molar-refractivity contribution is 5.84. The van der Waals surface area contributed by atoms with E-state index in [1.54, 1.807) is 6.92 Å². The molecule has 2 atom stereocenters. The van der Waals surface area contributed by atoms with Crippen molar-refractivity contribution in [1.82, 2.24) is 15.1 Å². The van der Waals surface area contributed by atoms with Crippen LogP contribution in [0.3, 0.4) is 0 Å². The van der Waals surface area contributed by atoms with Crippen LogP contribution in [0.1, 0.15) is 19.8 Å². The third kappa shape index (κ3) is 3.04. The Bertz CT molecular complexity index is 791. The Balaban J connectivity index is 1.40. The van der Waals surface area contributed by atoms with Gasteiger partial charge in [-0.05, 0) is 37.3 Å². The second-order valence-corrected chi connectivity index (χ2v) is 7.17. The average molecular weight is 362 g/mol. The number of likely N-dealkylation sites (tertiary alicyclic amines) is 1. The van der Waals surface area contributed by atoms with Crippen molar-refractivity contribution in [3.8, 4) is 11.5 Å². The first-order valence-corrected chi connectivity index (χ1v) is 8.71. The highest BCUT2D eigenvalue weighted by Gasteiger charge is 2.59. The quantitative estimate of drug-likeness (QED) is 0.885. The van der Waals surface area contributed by atoms with E-state index in [-0.39, 0.29) is 23.9 Å². The molecule has 2 heterocycles. The lowest BCUT2D eigenvalue weighted by Gasteiger charge is -2.21. The molecule has 0 unspecified atom stereocenters. The molecule has 1 aliphatic heterocycles. The summed E-state index contributed by atoms with van der Waals surface area (Å²) in [4.78, 5) is 14.2. The molecule has 1 spiro atoms. The summed E-state index contributed by atoms with van der Waals surface area (Å²) in [5.74, 6) is -0.589. The van der Waals surface area contributed by atoms with E-state index in [2.05, 4.69) is 15.5 Å². The Kier molecular flexibility index (Phi) is 4.13. The number of amides is 1. The second-order valence-electron chi connectivity index (χ2n) is 7.17. The van der Waals surface area contributed by atoms with Crippen LogP contribution >= 0.6 is 0 Å². The second kappa shape index (κ2) is 6.34. The maximum absolute atomic E-state index is 13.2. The largest absolute Gasteiger partial charge is 0.403 e. The lowest BCUT2D eigenvalue weighted by molar-refractivity contribution is -0.131. The number of hydrogen-bond donors (Lipinski definition) is 1. The van der Waals surface area contributed by atoms with Gasteiger partial charge in [0.25, 0.3) is 0 Å². The van der Waals surface area contributed by atoms with E-state index in [9.17, 15) is 13.6 Å². The summed E-state index contributed by atoms with van der Waals surface area (Å²) in [6, 6.07) is 8.79. The molecule has 1 aromatic carbocycles. The van der Waals surface area contributed by atoms with E-state index in [0.29, 0.717) is 12.4 Å². The number of rotatable bonds is 5. The van der Waals surface area contributed by atoms with Gasteiger partial charge in [0.05, 0.1) is 0 Å². The number of anilines is 1. The fourth-order valence-corrected chi connectivity index (χ4v) is 3.70. The van der Waals surface area contributed by atoms with Crippen LogP contribution in [0.5, 0.6) is 0 Å². The topological polar surface area (TPSA) is 71.3 Å². The molecular formula is C18H20F2N4O2. The van der Waals surface area contributed by atoms with Crippen LogP contribution in [0.25, 0.3) is 11.5 Å². The van der Waals surface area contributed by atoms with Gasteiger partial charge in [0.1, 0.15) is 6.04 Å². The summed E-state index contributed by atoms with van der Waals surface area (Å²) in [5, 5.41) is 10.8. The van der Waals surface area contributed by atoms with Crippen molar-refractivity contribution < 1.29 is 18.0 Å². The van der Waals surface area contributed by atoms with Gasteiger partial charge in [-0.15, -0.1) is 5.10 Å². The molecule has 1 N–H and O–H groups in total. The van der Waals surface area contributed by atoms with Crippen molar-refractivity contribution in [2.24, 2.45) is 11.3 Å². The number of alkyl halides is 2. The fourth-order valence-electron chi connectivity index (χ4n) is 3.70. The molecule has 26 heavy (non-hydrogen) atoms. The van der Waals surface area contributed by atoms with Gasteiger partial charge in [-0.3, -0.25) is 4.79 Å².